The van der Waals surface area contributed by atoms with Gasteiger partial charge in [0.2, 0.25) is 0 Å². The fraction of sp³-hybridized carbons (Fsp3) is 0.692. The number of aliphatic carboxylic acids is 1. The number of allylic oxidation sites excluding steroid dienone is 1. The molecule has 0 spiro atoms. The molecule has 0 radical (unpaired) electrons. The maximum absolute atomic E-state index is 11.3. The highest BCUT2D eigenvalue weighted by atomic mass is 16.4. The Morgan fingerprint density at radius 2 is 1.94 bits per heavy atom. The van der Waals surface area contributed by atoms with E-state index in [1.165, 1.54) is 0 Å². The van der Waals surface area contributed by atoms with Crippen LogP contribution in [-0.4, -0.2) is 28.1 Å². The van der Waals surface area contributed by atoms with Crippen molar-refractivity contribution in [3.63, 3.8) is 0 Å². The van der Waals surface area contributed by atoms with Crippen molar-refractivity contribution in [3.8, 4) is 0 Å². The van der Waals surface area contributed by atoms with Crippen LogP contribution in [0.15, 0.2) is 11.1 Å². The molecule has 4 heteroatoms. The molecule has 17 heavy (non-hydrogen) atoms. The maximum atomic E-state index is 11.3. The standard InChI is InChI=1S/C13H20O4/c1-9-10(12(15)8-11(9)14)6-4-2-3-5-7-13(16)17/h12,15H,2-8H2,1H3,(H,16,17). The lowest BCUT2D eigenvalue weighted by Gasteiger charge is -2.08. The van der Waals surface area contributed by atoms with Gasteiger partial charge in [-0.05, 0) is 37.3 Å². The summed E-state index contributed by atoms with van der Waals surface area (Å²) >= 11 is 0. The second-order valence-electron chi connectivity index (χ2n) is 4.60. The average Bonchev–Trinajstić information content (AvgIpc) is 2.48. The molecule has 1 rings (SSSR count). The summed E-state index contributed by atoms with van der Waals surface area (Å²) in [6.07, 6.45) is 4.09. The molecule has 0 aromatic rings. The molecule has 2 N–H and O–H groups in total. The minimum absolute atomic E-state index is 0.0541. The summed E-state index contributed by atoms with van der Waals surface area (Å²) in [5.74, 6) is -0.696. The van der Waals surface area contributed by atoms with Crippen LogP contribution in [0, 0.1) is 0 Å². The number of carbonyl (C=O) groups excluding carboxylic acids is 1. The third-order valence-electron chi connectivity index (χ3n) is 3.27. The Bertz CT molecular complexity index is 330. The van der Waals surface area contributed by atoms with Gasteiger partial charge in [0.05, 0.1) is 6.10 Å². The van der Waals surface area contributed by atoms with Crippen molar-refractivity contribution in [2.45, 2.75) is 58.0 Å². The first-order chi connectivity index (χ1) is 8.02. The Hall–Kier alpha value is -1.16. The Morgan fingerprint density at radius 1 is 1.29 bits per heavy atom. The SMILES string of the molecule is CC1=C(CCCCCCC(=O)O)C(O)CC1=O. The summed E-state index contributed by atoms with van der Waals surface area (Å²) in [6.45, 7) is 1.78. The first kappa shape index (κ1) is 13.9. The zero-order valence-electron chi connectivity index (χ0n) is 10.2. The molecule has 0 aromatic heterocycles. The molecule has 1 unspecified atom stereocenters. The van der Waals surface area contributed by atoms with Crippen LogP contribution in [0.1, 0.15) is 51.9 Å². The average molecular weight is 240 g/mol. The van der Waals surface area contributed by atoms with E-state index in [2.05, 4.69) is 0 Å². The molecule has 0 amide bonds. The van der Waals surface area contributed by atoms with E-state index in [4.69, 9.17) is 5.11 Å². The number of carbonyl (C=O) groups is 2. The normalized spacial score (nSPS) is 20.1. The van der Waals surface area contributed by atoms with Gasteiger partial charge in [-0.1, -0.05) is 12.8 Å². The monoisotopic (exact) mass is 240 g/mol. The van der Waals surface area contributed by atoms with E-state index in [9.17, 15) is 14.7 Å². The zero-order chi connectivity index (χ0) is 12.8. The second-order valence-corrected chi connectivity index (χ2v) is 4.60. The van der Waals surface area contributed by atoms with E-state index in [0.717, 1.165) is 36.8 Å². The third kappa shape index (κ3) is 4.30. The van der Waals surface area contributed by atoms with Gasteiger partial charge in [0.25, 0.3) is 0 Å². The summed E-state index contributed by atoms with van der Waals surface area (Å²) in [7, 11) is 0. The van der Waals surface area contributed by atoms with Crippen molar-refractivity contribution in [2.75, 3.05) is 0 Å². The summed E-state index contributed by atoms with van der Waals surface area (Å²) < 4.78 is 0. The summed E-state index contributed by atoms with van der Waals surface area (Å²) in [5, 5.41) is 18.1. The largest absolute Gasteiger partial charge is 0.481 e. The Labute approximate surface area is 101 Å². The van der Waals surface area contributed by atoms with E-state index >= 15 is 0 Å². The number of hydrogen-bond donors (Lipinski definition) is 2. The van der Waals surface area contributed by atoms with Gasteiger partial charge in [-0.3, -0.25) is 9.59 Å². The lowest BCUT2D eigenvalue weighted by atomic mass is 10.0. The highest BCUT2D eigenvalue weighted by Crippen LogP contribution is 2.27. The predicted octanol–water partition coefficient (Wildman–Crippen LogP) is 2.06. The summed E-state index contributed by atoms with van der Waals surface area (Å²) in [6, 6.07) is 0. The van der Waals surface area contributed by atoms with Crippen molar-refractivity contribution in [2.24, 2.45) is 0 Å². The number of carboxylic acids is 1. The first-order valence-electron chi connectivity index (χ1n) is 6.15. The topological polar surface area (TPSA) is 74.6 Å². The van der Waals surface area contributed by atoms with Gasteiger partial charge < -0.3 is 10.2 Å². The van der Waals surface area contributed by atoms with Crippen LogP contribution in [0.2, 0.25) is 0 Å². The number of unbranched alkanes of at least 4 members (excludes halogenated alkanes) is 3. The molecule has 0 bridgehead atoms. The minimum Gasteiger partial charge on any atom is -0.481 e. The van der Waals surface area contributed by atoms with Gasteiger partial charge in [0.1, 0.15) is 0 Å². The first-order valence-corrected chi connectivity index (χ1v) is 6.15. The fourth-order valence-electron chi connectivity index (χ4n) is 2.18. The molecule has 0 heterocycles. The number of Topliss-reactive ketones (excluding diaryl/α,β-unsaturated/α-hetero) is 1. The minimum atomic E-state index is -0.750. The van der Waals surface area contributed by atoms with E-state index < -0.39 is 12.1 Å². The van der Waals surface area contributed by atoms with Crippen molar-refractivity contribution in [1.29, 1.82) is 0 Å². The molecule has 1 atom stereocenters. The predicted molar refractivity (Wildman–Crippen MR) is 63.7 cm³/mol. The van der Waals surface area contributed by atoms with Gasteiger partial charge in [0, 0.05) is 12.8 Å². The summed E-state index contributed by atoms with van der Waals surface area (Å²) in [4.78, 5) is 21.6. The quantitative estimate of drug-likeness (QED) is 0.668. The molecule has 0 aliphatic heterocycles. The Morgan fingerprint density at radius 3 is 2.47 bits per heavy atom. The van der Waals surface area contributed by atoms with Crippen LogP contribution in [0.3, 0.4) is 0 Å². The van der Waals surface area contributed by atoms with Crippen LogP contribution in [0.5, 0.6) is 0 Å². The van der Waals surface area contributed by atoms with Crippen LogP contribution in [0.25, 0.3) is 0 Å². The number of aliphatic hydroxyl groups is 1. The number of carboxylic acid groups (broad SMARTS) is 1. The highest BCUT2D eigenvalue weighted by molar-refractivity contribution is 5.99. The Balaban J connectivity index is 2.19. The molecular formula is C13H20O4. The smallest absolute Gasteiger partial charge is 0.303 e. The van der Waals surface area contributed by atoms with Gasteiger partial charge >= 0.3 is 5.97 Å². The van der Waals surface area contributed by atoms with Crippen LogP contribution >= 0.6 is 0 Å². The molecule has 0 saturated carbocycles. The van der Waals surface area contributed by atoms with E-state index in [1.54, 1.807) is 6.92 Å². The molecule has 1 aliphatic rings. The van der Waals surface area contributed by atoms with Crippen molar-refractivity contribution in [1.82, 2.24) is 0 Å². The van der Waals surface area contributed by atoms with Crippen molar-refractivity contribution >= 4 is 11.8 Å². The number of rotatable bonds is 7. The van der Waals surface area contributed by atoms with Gasteiger partial charge in [0.15, 0.2) is 5.78 Å². The number of ketones is 1. The number of aliphatic hydroxyl groups excluding tert-OH is 1. The van der Waals surface area contributed by atoms with E-state index in [0.29, 0.717) is 6.42 Å². The molecule has 4 nitrogen and oxygen atoms in total. The second kappa shape index (κ2) is 6.55. The lowest BCUT2D eigenvalue weighted by molar-refractivity contribution is -0.137. The highest BCUT2D eigenvalue weighted by Gasteiger charge is 2.26. The van der Waals surface area contributed by atoms with Crippen molar-refractivity contribution in [3.05, 3.63) is 11.1 Å². The zero-order valence-corrected chi connectivity index (χ0v) is 10.2. The number of hydrogen-bond acceptors (Lipinski definition) is 3. The Kier molecular flexibility index (Phi) is 5.35. The molecular weight excluding hydrogens is 220 g/mol. The maximum Gasteiger partial charge on any atom is 0.303 e. The molecule has 96 valence electrons. The van der Waals surface area contributed by atoms with Crippen LogP contribution < -0.4 is 0 Å². The third-order valence-corrected chi connectivity index (χ3v) is 3.27. The van der Waals surface area contributed by atoms with Crippen LogP contribution in [-0.2, 0) is 9.59 Å². The van der Waals surface area contributed by atoms with Gasteiger partial charge in [-0.15, -0.1) is 0 Å². The van der Waals surface area contributed by atoms with Gasteiger partial charge in [-0.2, -0.15) is 0 Å². The molecule has 0 fully saturated rings. The summed E-state index contributed by atoms with van der Waals surface area (Å²) in [5.41, 5.74) is 1.61. The molecule has 0 saturated heterocycles. The molecule has 1 aliphatic carbocycles. The van der Waals surface area contributed by atoms with Crippen LogP contribution in [0.4, 0.5) is 0 Å². The lowest BCUT2D eigenvalue weighted by Crippen LogP contribution is -2.06. The fourth-order valence-corrected chi connectivity index (χ4v) is 2.18. The van der Waals surface area contributed by atoms with E-state index in [1.807, 2.05) is 0 Å². The van der Waals surface area contributed by atoms with Gasteiger partial charge in [-0.25, -0.2) is 0 Å². The van der Waals surface area contributed by atoms with Crippen molar-refractivity contribution < 1.29 is 19.8 Å². The molecule has 0 aromatic carbocycles. The van der Waals surface area contributed by atoms with E-state index in [-0.39, 0.29) is 18.6 Å².